The van der Waals surface area contributed by atoms with Crippen LogP contribution in [0.15, 0.2) is 24.3 Å². The number of rotatable bonds is 2. The number of phenolic OH excluding ortho intramolecular Hbond substituents is 1. The van der Waals surface area contributed by atoms with Gasteiger partial charge < -0.3 is 15.8 Å². The smallest absolute Gasteiger partial charge is 0.140 e. The standard InChI is InChI=1S/C9H13N3O/c13-9-4-2-1-3-8(9)11-12-6-5-10-7-12/h1-4,10-11,13H,5-7H2. The summed E-state index contributed by atoms with van der Waals surface area (Å²) in [7, 11) is 0. The van der Waals surface area contributed by atoms with Gasteiger partial charge in [-0.3, -0.25) is 0 Å². The van der Waals surface area contributed by atoms with Crippen molar-refractivity contribution in [2.45, 2.75) is 0 Å². The number of aromatic hydroxyl groups is 1. The molecule has 1 aliphatic rings. The SMILES string of the molecule is Oc1ccccc1NN1CCNC1. The van der Waals surface area contributed by atoms with Crippen LogP contribution in [0.1, 0.15) is 0 Å². The third-order valence-electron chi connectivity index (χ3n) is 2.04. The highest BCUT2D eigenvalue weighted by atomic mass is 16.3. The summed E-state index contributed by atoms with van der Waals surface area (Å²) in [4.78, 5) is 0. The highest BCUT2D eigenvalue weighted by Crippen LogP contribution is 2.21. The van der Waals surface area contributed by atoms with Gasteiger partial charge in [-0.25, -0.2) is 5.01 Å². The molecule has 3 N–H and O–H groups in total. The number of phenols is 1. The van der Waals surface area contributed by atoms with Gasteiger partial charge in [-0.2, -0.15) is 0 Å². The second kappa shape index (κ2) is 3.64. The molecule has 0 amide bonds. The lowest BCUT2D eigenvalue weighted by atomic mass is 10.3. The third kappa shape index (κ3) is 1.91. The maximum atomic E-state index is 9.46. The molecule has 0 spiro atoms. The minimum Gasteiger partial charge on any atom is -0.506 e. The van der Waals surface area contributed by atoms with Gasteiger partial charge in [0.2, 0.25) is 0 Å². The first-order chi connectivity index (χ1) is 6.36. The molecule has 1 saturated heterocycles. The molecule has 0 unspecified atom stereocenters. The molecule has 4 nitrogen and oxygen atoms in total. The van der Waals surface area contributed by atoms with Crippen LogP contribution in [0.4, 0.5) is 5.69 Å². The largest absolute Gasteiger partial charge is 0.506 e. The van der Waals surface area contributed by atoms with E-state index in [-0.39, 0.29) is 5.75 Å². The summed E-state index contributed by atoms with van der Waals surface area (Å²) in [6.07, 6.45) is 0. The molecule has 70 valence electrons. The maximum absolute atomic E-state index is 9.46. The van der Waals surface area contributed by atoms with Crippen LogP contribution < -0.4 is 10.7 Å². The zero-order valence-corrected chi connectivity index (χ0v) is 7.33. The second-order valence-electron chi connectivity index (χ2n) is 3.05. The monoisotopic (exact) mass is 179 g/mol. The molecule has 13 heavy (non-hydrogen) atoms. The average molecular weight is 179 g/mol. The number of anilines is 1. The van der Waals surface area contributed by atoms with Crippen LogP contribution in [0, 0.1) is 0 Å². The van der Waals surface area contributed by atoms with Crippen LogP contribution in [-0.2, 0) is 0 Å². The molecular weight excluding hydrogens is 166 g/mol. The van der Waals surface area contributed by atoms with Crippen LogP contribution in [0.5, 0.6) is 5.75 Å². The van der Waals surface area contributed by atoms with E-state index in [1.54, 1.807) is 6.07 Å². The Morgan fingerprint density at radius 3 is 2.92 bits per heavy atom. The van der Waals surface area contributed by atoms with E-state index in [2.05, 4.69) is 10.7 Å². The topological polar surface area (TPSA) is 47.5 Å². The number of para-hydroxylation sites is 2. The van der Waals surface area contributed by atoms with Crippen molar-refractivity contribution in [3.05, 3.63) is 24.3 Å². The number of benzene rings is 1. The van der Waals surface area contributed by atoms with Crippen LogP contribution >= 0.6 is 0 Å². The van der Waals surface area contributed by atoms with E-state index in [4.69, 9.17) is 0 Å². The van der Waals surface area contributed by atoms with E-state index in [9.17, 15) is 5.11 Å². The van der Waals surface area contributed by atoms with Gasteiger partial charge in [0.1, 0.15) is 5.75 Å². The third-order valence-corrected chi connectivity index (χ3v) is 2.04. The zero-order valence-electron chi connectivity index (χ0n) is 7.33. The molecule has 0 aromatic heterocycles. The van der Waals surface area contributed by atoms with Crippen molar-refractivity contribution in [1.82, 2.24) is 10.3 Å². The van der Waals surface area contributed by atoms with Gasteiger partial charge in [-0.1, -0.05) is 12.1 Å². The molecule has 2 rings (SSSR count). The van der Waals surface area contributed by atoms with Crippen LogP contribution in [-0.4, -0.2) is 29.9 Å². The summed E-state index contributed by atoms with van der Waals surface area (Å²) in [5, 5.41) is 14.7. The molecule has 1 fully saturated rings. The Balaban J connectivity index is 2.04. The number of hydrogen-bond acceptors (Lipinski definition) is 4. The van der Waals surface area contributed by atoms with Crippen molar-refractivity contribution in [3.63, 3.8) is 0 Å². The predicted octanol–water partition coefficient (Wildman–Crippen LogP) is 0.582. The van der Waals surface area contributed by atoms with Gasteiger partial charge in [0.05, 0.1) is 12.4 Å². The Morgan fingerprint density at radius 1 is 1.38 bits per heavy atom. The molecule has 1 heterocycles. The Kier molecular flexibility index (Phi) is 2.33. The summed E-state index contributed by atoms with van der Waals surface area (Å²) in [6.45, 7) is 2.75. The first-order valence-corrected chi connectivity index (χ1v) is 4.36. The molecule has 1 aromatic rings. The molecule has 0 saturated carbocycles. The van der Waals surface area contributed by atoms with Gasteiger partial charge in [-0.15, -0.1) is 0 Å². The second-order valence-corrected chi connectivity index (χ2v) is 3.05. The fraction of sp³-hybridized carbons (Fsp3) is 0.333. The molecule has 1 aromatic carbocycles. The van der Waals surface area contributed by atoms with Crippen LogP contribution in [0.25, 0.3) is 0 Å². The van der Waals surface area contributed by atoms with Gasteiger partial charge in [0.15, 0.2) is 0 Å². The average Bonchev–Trinajstić information content (AvgIpc) is 2.61. The lowest BCUT2D eigenvalue weighted by Gasteiger charge is -2.17. The van der Waals surface area contributed by atoms with Gasteiger partial charge in [0, 0.05) is 13.1 Å². The van der Waals surface area contributed by atoms with Gasteiger partial charge in [-0.05, 0) is 12.1 Å². The predicted molar refractivity (Wildman–Crippen MR) is 51.3 cm³/mol. The number of nitrogens with one attached hydrogen (secondary N) is 2. The molecule has 0 atom stereocenters. The normalized spacial score (nSPS) is 17.5. The van der Waals surface area contributed by atoms with Crippen molar-refractivity contribution in [3.8, 4) is 5.75 Å². The number of nitrogens with zero attached hydrogens (tertiary/aromatic N) is 1. The minimum absolute atomic E-state index is 0.286. The van der Waals surface area contributed by atoms with E-state index in [0.717, 1.165) is 25.4 Å². The van der Waals surface area contributed by atoms with Crippen molar-refractivity contribution in [1.29, 1.82) is 0 Å². The van der Waals surface area contributed by atoms with Crippen molar-refractivity contribution in [2.75, 3.05) is 25.2 Å². The Hall–Kier alpha value is -1.26. The highest BCUT2D eigenvalue weighted by Gasteiger charge is 2.11. The maximum Gasteiger partial charge on any atom is 0.140 e. The first kappa shape index (κ1) is 8.34. The van der Waals surface area contributed by atoms with E-state index in [1.807, 2.05) is 23.2 Å². The molecule has 0 aliphatic carbocycles. The van der Waals surface area contributed by atoms with Crippen molar-refractivity contribution >= 4 is 5.69 Å². The van der Waals surface area contributed by atoms with Crippen LogP contribution in [0.3, 0.4) is 0 Å². The lowest BCUT2D eigenvalue weighted by molar-refractivity contribution is 0.398. The number of hydrazine groups is 1. The Morgan fingerprint density at radius 2 is 2.23 bits per heavy atom. The van der Waals surface area contributed by atoms with Crippen LogP contribution in [0.2, 0.25) is 0 Å². The molecule has 4 heteroatoms. The van der Waals surface area contributed by atoms with Crippen molar-refractivity contribution in [2.24, 2.45) is 0 Å². The molecular formula is C9H13N3O. The van der Waals surface area contributed by atoms with Gasteiger partial charge >= 0.3 is 0 Å². The fourth-order valence-corrected chi connectivity index (χ4v) is 1.34. The first-order valence-electron chi connectivity index (χ1n) is 4.36. The molecule has 1 aliphatic heterocycles. The van der Waals surface area contributed by atoms with E-state index in [0.29, 0.717) is 0 Å². The van der Waals surface area contributed by atoms with Gasteiger partial charge in [0.25, 0.3) is 0 Å². The lowest BCUT2D eigenvalue weighted by Crippen LogP contribution is -2.28. The summed E-state index contributed by atoms with van der Waals surface area (Å²) < 4.78 is 0. The summed E-state index contributed by atoms with van der Waals surface area (Å²) in [6, 6.07) is 7.23. The Bertz CT molecular complexity index is 284. The molecule has 0 radical (unpaired) electrons. The highest BCUT2D eigenvalue weighted by molar-refractivity contribution is 5.54. The Labute approximate surface area is 77.1 Å². The van der Waals surface area contributed by atoms with E-state index in [1.165, 1.54) is 0 Å². The summed E-state index contributed by atoms with van der Waals surface area (Å²) in [5.74, 6) is 0.286. The summed E-state index contributed by atoms with van der Waals surface area (Å²) in [5.41, 5.74) is 3.89. The van der Waals surface area contributed by atoms with E-state index >= 15 is 0 Å². The van der Waals surface area contributed by atoms with Crippen molar-refractivity contribution < 1.29 is 5.11 Å². The van der Waals surface area contributed by atoms with E-state index < -0.39 is 0 Å². The quantitative estimate of drug-likeness (QED) is 0.581. The summed E-state index contributed by atoms with van der Waals surface area (Å²) >= 11 is 0. The molecule has 0 bridgehead atoms. The minimum atomic E-state index is 0.286. The number of hydrogen-bond donors (Lipinski definition) is 3. The fourth-order valence-electron chi connectivity index (χ4n) is 1.34. The zero-order chi connectivity index (χ0) is 9.10.